The Kier molecular flexibility index (Phi) is 4.55. The molecule has 26 heavy (non-hydrogen) atoms. The van der Waals surface area contributed by atoms with Crippen LogP contribution >= 0.6 is 0 Å². The number of nitrogens with zero attached hydrogens (tertiary/aromatic N) is 3. The van der Waals surface area contributed by atoms with Crippen molar-refractivity contribution in [3.63, 3.8) is 0 Å². The Morgan fingerprint density at radius 2 is 2.27 bits per heavy atom. The maximum absolute atomic E-state index is 13.3. The first-order valence-electron chi connectivity index (χ1n) is 8.71. The quantitative estimate of drug-likeness (QED) is 0.837. The van der Waals surface area contributed by atoms with Crippen molar-refractivity contribution in [2.24, 2.45) is 0 Å². The van der Waals surface area contributed by atoms with Crippen LogP contribution in [0.1, 0.15) is 18.4 Å². The normalized spacial score (nSPS) is 21.3. The molecule has 7 heteroatoms. The Bertz CT molecular complexity index is 781. The van der Waals surface area contributed by atoms with Crippen LogP contribution in [-0.2, 0) is 16.0 Å². The van der Waals surface area contributed by atoms with E-state index < -0.39 is 0 Å². The predicted octanol–water partition coefficient (Wildman–Crippen LogP) is 2.00. The zero-order valence-corrected chi connectivity index (χ0v) is 14.3. The molecule has 2 fully saturated rings. The van der Waals surface area contributed by atoms with E-state index in [0.717, 1.165) is 6.42 Å². The van der Waals surface area contributed by atoms with Gasteiger partial charge in [-0.3, -0.25) is 9.78 Å². The molecular weight excluding hydrogens is 337 g/mol. The van der Waals surface area contributed by atoms with Gasteiger partial charge in [0, 0.05) is 25.2 Å². The number of likely N-dealkylation sites (tertiary alicyclic amines) is 1. The summed E-state index contributed by atoms with van der Waals surface area (Å²) in [5.74, 6) is 0.171. The monoisotopic (exact) mass is 357 g/mol. The van der Waals surface area contributed by atoms with Crippen LogP contribution in [0.2, 0.25) is 0 Å². The molecule has 2 saturated heterocycles. The molecule has 0 aliphatic carbocycles. The van der Waals surface area contributed by atoms with E-state index in [4.69, 9.17) is 9.47 Å². The van der Waals surface area contributed by atoms with Gasteiger partial charge in [0.2, 0.25) is 11.8 Å². The number of amides is 1. The highest BCUT2D eigenvalue weighted by Crippen LogP contribution is 2.35. The molecule has 1 amide bonds. The van der Waals surface area contributed by atoms with Crippen molar-refractivity contribution < 1.29 is 18.7 Å². The van der Waals surface area contributed by atoms with Crippen LogP contribution in [0.15, 0.2) is 42.9 Å². The van der Waals surface area contributed by atoms with Gasteiger partial charge in [-0.25, -0.2) is 9.37 Å². The first kappa shape index (κ1) is 16.9. The van der Waals surface area contributed by atoms with Gasteiger partial charge in [0.25, 0.3) is 0 Å². The lowest BCUT2D eigenvalue weighted by molar-refractivity contribution is -0.193. The third kappa shape index (κ3) is 3.67. The Hall–Kier alpha value is -2.54. The summed E-state index contributed by atoms with van der Waals surface area (Å²) in [4.78, 5) is 22.3. The molecule has 2 aromatic rings. The van der Waals surface area contributed by atoms with Crippen LogP contribution in [0.3, 0.4) is 0 Å². The van der Waals surface area contributed by atoms with Crippen molar-refractivity contribution in [2.75, 3.05) is 19.7 Å². The molecule has 1 spiro atoms. The second-order valence-electron chi connectivity index (χ2n) is 6.86. The zero-order chi connectivity index (χ0) is 18.0. The summed E-state index contributed by atoms with van der Waals surface area (Å²) in [6.45, 7) is 1.68. The van der Waals surface area contributed by atoms with E-state index in [-0.39, 0.29) is 29.9 Å². The third-order valence-corrected chi connectivity index (χ3v) is 4.83. The Balaban J connectivity index is 1.31. The summed E-state index contributed by atoms with van der Waals surface area (Å²) in [6, 6.07) is 6.15. The highest BCUT2D eigenvalue weighted by atomic mass is 19.1. The lowest BCUT2D eigenvalue weighted by Gasteiger charge is -2.52. The van der Waals surface area contributed by atoms with E-state index in [1.165, 1.54) is 12.1 Å². The molecule has 4 rings (SSSR count). The molecule has 2 aliphatic heterocycles. The molecule has 0 radical (unpaired) electrons. The lowest BCUT2D eigenvalue weighted by atomic mass is 9.84. The van der Waals surface area contributed by atoms with Crippen LogP contribution in [0.25, 0.3) is 0 Å². The number of carbonyl (C=O) groups is 1. The molecular formula is C19H20FN3O3. The fourth-order valence-electron chi connectivity index (χ4n) is 3.58. The Morgan fingerprint density at radius 3 is 3.04 bits per heavy atom. The fourth-order valence-corrected chi connectivity index (χ4v) is 3.58. The van der Waals surface area contributed by atoms with E-state index >= 15 is 0 Å². The minimum atomic E-state index is -0.345. The van der Waals surface area contributed by atoms with Crippen molar-refractivity contribution in [3.05, 3.63) is 54.2 Å². The highest BCUT2D eigenvalue weighted by Gasteiger charge is 2.49. The van der Waals surface area contributed by atoms with E-state index in [9.17, 15) is 9.18 Å². The SMILES string of the molecule is O=C(Cc1cccc(F)c1)N1CC2(CC(Oc3cnccn3)CCO2)C1. The van der Waals surface area contributed by atoms with Gasteiger partial charge in [0.15, 0.2) is 0 Å². The number of rotatable bonds is 4. The second kappa shape index (κ2) is 6.99. The number of hydrogen-bond donors (Lipinski definition) is 0. The van der Waals surface area contributed by atoms with Gasteiger partial charge >= 0.3 is 0 Å². The number of aromatic nitrogens is 2. The number of hydrogen-bond acceptors (Lipinski definition) is 5. The maximum Gasteiger partial charge on any atom is 0.232 e. The Morgan fingerprint density at radius 1 is 1.38 bits per heavy atom. The van der Waals surface area contributed by atoms with E-state index in [2.05, 4.69) is 9.97 Å². The van der Waals surface area contributed by atoms with Gasteiger partial charge < -0.3 is 14.4 Å². The minimum Gasteiger partial charge on any atom is -0.473 e. The fraction of sp³-hybridized carbons (Fsp3) is 0.421. The topological polar surface area (TPSA) is 64.6 Å². The molecule has 2 aliphatic rings. The number of carbonyl (C=O) groups excluding carboxylic acids is 1. The average Bonchev–Trinajstić information content (AvgIpc) is 2.60. The van der Waals surface area contributed by atoms with Gasteiger partial charge in [-0.1, -0.05) is 12.1 Å². The second-order valence-corrected chi connectivity index (χ2v) is 6.86. The van der Waals surface area contributed by atoms with Gasteiger partial charge in [-0.2, -0.15) is 0 Å². The smallest absolute Gasteiger partial charge is 0.232 e. The standard InChI is InChI=1S/C19H20FN3O3/c20-15-3-1-2-14(8-15)9-18(24)23-12-19(13-23)10-16(4-7-25-19)26-17-11-21-5-6-22-17/h1-3,5-6,8,11,16H,4,7,9-10,12-13H2. The molecule has 0 saturated carbocycles. The van der Waals surface area contributed by atoms with Crippen molar-refractivity contribution in [3.8, 4) is 5.88 Å². The van der Waals surface area contributed by atoms with Crippen LogP contribution < -0.4 is 4.74 Å². The van der Waals surface area contributed by atoms with E-state index in [0.29, 0.717) is 37.6 Å². The van der Waals surface area contributed by atoms with Crippen LogP contribution in [0.5, 0.6) is 5.88 Å². The molecule has 0 bridgehead atoms. The van der Waals surface area contributed by atoms with E-state index in [1.54, 1.807) is 35.6 Å². The van der Waals surface area contributed by atoms with Crippen molar-refractivity contribution >= 4 is 5.91 Å². The molecule has 136 valence electrons. The summed E-state index contributed by atoms with van der Waals surface area (Å²) >= 11 is 0. The largest absolute Gasteiger partial charge is 0.473 e. The zero-order valence-electron chi connectivity index (χ0n) is 14.3. The third-order valence-electron chi connectivity index (χ3n) is 4.83. The summed E-state index contributed by atoms with van der Waals surface area (Å²) in [5.41, 5.74) is 0.340. The molecule has 0 N–H and O–H groups in total. The summed E-state index contributed by atoms with van der Waals surface area (Å²) < 4.78 is 25.1. The summed E-state index contributed by atoms with van der Waals surface area (Å²) in [6.07, 6.45) is 6.50. The molecule has 1 aromatic carbocycles. The van der Waals surface area contributed by atoms with E-state index in [1.807, 2.05) is 0 Å². The minimum absolute atomic E-state index is 0.000853. The van der Waals surface area contributed by atoms with Crippen molar-refractivity contribution in [1.82, 2.24) is 14.9 Å². The van der Waals surface area contributed by atoms with Gasteiger partial charge in [-0.15, -0.1) is 0 Å². The van der Waals surface area contributed by atoms with Crippen molar-refractivity contribution in [1.29, 1.82) is 0 Å². The predicted molar refractivity (Wildman–Crippen MR) is 91.0 cm³/mol. The number of halogens is 1. The highest BCUT2D eigenvalue weighted by molar-refractivity contribution is 5.80. The number of ether oxygens (including phenoxy) is 2. The van der Waals surface area contributed by atoms with Crippen LogP contribution in [-0.4, -0.2) is 52.2 Å². The average molecular weight is 357 g/mol. The number of benzene rings is 1. The summed E-state index contributed by atoms with van der Waals surface area (Å²) in [5, 5.41) is 0. The lowest BCUT2D eigenvalue weighted by Crippen LogP contribution is -2.67. The van der Waals surface area contributed by atoms with Crippen LogP contribution in [0, 0.1) is 5.82 Å². The summed E-state index contributed by atoms with van der Waals surface area (Å²) in [7, 11) is 0. The molecule has 1 unspecified atom stereocenters. The molecule has 3 heterocycles. The molecule has 6 nitrogen and oxygen atoms in total. The first-order valence-corrected chi connectivity index (χ1v) is 8.71. The first-order chi connectivity index (χ1) is 12.6. The van der Waals surface area contributed by atoms with Crippen molar-refractivity contribution in [2.45, 2.75) is 31.0 Å². The van der Waals surface area contributed by atoms with Crippen LogP contribution in [0.4, 0.5) is 4.39 Å². The Labute approximate surface area is 151 Å². The van der Waals surface area contributed by atoms with Gasteiger partial charge in [-0.05, 0) is 17.7 Å². The van der Waals surface area contributed by atoms with Gasteiger partial charge in [0.05, 0.1) is 32.3 Å². The maximum atomic E-state index is 13.3. The van der Waals surface area contributed by atoms with Gasteiger partial charge in [0.1, 0.15) is 17.5 Å². The molecule has 1 atom stereocenters. The molecule has 1 aromatic heterocycles.